The van der Waals surface area contributed by atoms with E-state index in [-0.39, 0.29) is 5.91 Å². The van der Waals surface area contributed by atoms with E-state index < -0.39 is 5.91 Å². The van der Waals surface area contributed by atoms with Gasteiger partial charge in [0.05, 0.1) is 16.7 Å². The molecular weight excluding hydrogens is 358 g/mol. The van der Waals surface area contributed by atoms with Gasteiger partial charge in [-0.2, -0.15) is 5.10 Å². The molecule has 9 heteroatoms. The summed E-state index contributed by atoms with van der Waals surface area (Å²) in [6.07, 6.45) is 3.71. The fourth-order valence-electron chi connectivity index (χ4n) is 2.97. The number of carbonyl (C=O) groups is 2. The Morgan fingerprint density at radius 1 is 1.25 bits per heavy atom. The fourth-order valence-corrected chi connectivity index (χ4v) is 2.97. The van der Waals surface area contributed by atoms with Crippen molar-refractivity contribution in [3.63, 3.8) is 0 Å². The number of allylic oxidation sites excluding steroid dienone is 1. The maximum Gasteiger partial charge on any atom is 0.276 e. The Morgan fingerprint density at radius 2 is 2.04 bits per heavy atom. The van der Waals surface area contributed by atoms with E-state index in [1.807, 2.05) is 30.6 Å². The lowest BCUT2D eigenvalue weighted by Gasteiger charge is -2.09. The van der Waals surface area contributed by atoms with Crippen molar-refractivity contribution >= 4 is 28.8 Å². The van der Waals surface area contributed by atoms with Crippen molar-refractivity contribution in [2.24, 2.45) is 11.5 Å². The number of hydrogen-bond acceptors (Lipinski definition) is 5. The van der Waals surface area contributed by atoms with Crippen LogP contribution in [0.4, 0.5) is 5.95 Å². The molecule has 0 aliphatic rings. The molecule has 3 aromatic rings. The highest BCUT2D eigenvalue weighted by Gasteiger charge is 2.18. The number of nitrogens with one attached hydrogen (secondary N) is 1. The van der Waals surface area contributed by atoms with Gasteiger partial charge in [0.2, 0.25) is 11.9 Å². The fraction of sp³-hybridized carbons (Fsp3) is 0.263. The second kappa shape index (κ2) is 8.05. The molecule has 0 bridgehead atoms. The third-order valence-corrected chi connectivity index (χ3v) is 4.28. The molecule has 0 saturated carbocycles. The summed E-state index contributed by atoms with van der Waals surface area (Å²) in [6.45, 7) is 5.21. The van der Waals surface area contributed by atoms with Crippen LogP contribution in [0.1, 0.15) is 33.5 Å². The number of carbonyl (C=O) groups excluding carboxylic acids is 2. The number of amides is 2. The van der Waals surface area contributed by atoms with Crippen molar-refractivity contribution in [3.8, 4) is 0 Å². The van der Waals surface area contributed by atoms with Gasteiger partial charge < -0.3 is 16.0 Å². The maximum absolute atomic E-state index is 12.8. The molecule has 0 spiro atoms. The standard InChI is InChI=1S/C19H23N7O2/c1-3-26-16(10-12(2)24-26)18(28)23-19-22-14-11-13(17(21)27)6-7-15(14)25(19)9-5-4-8-20/h4-7,10-11H,3,8-9,20H2,1-2H3,(H2,21,27)(H,22,23,28). The summed E-state index contributed by atoms with van der Waals surface area (Å²) < 4.78 is 3.47. The Hall–Kier alpha value is -3.46. The summed E-state index contributed by atoms with van der Waals surface area (Å²) in [5.41, 5.74) is 13.8. The number of aryl methyl sites for hydroxylation is 2. The molecular formula is C19H23N7O2. The van der Waals surface area contributed by atoms with Gasteiger partial charge in [0.25, 0.3) is 5.91 Å². The van der Waals surface area contributed by atoms with Gasteiger partial charge in [-0.05, 0) is 38.1 Å². The molecule has 146 valence electrons. The highest BCUT2D eigenvalue weighted by Crippen LogP contribution is 2.22. The molecule has 9 nitrogen and oxygen atoms in total. The second-order valence-electron chi connectivity index (χ2n) is 6.26. The van der Waals surface area contributed by atoms with E-state index in [2.05, 4.69) is 15.4 Å². The van der Waals surface area contributed by atoms with E-state index in [1.54, 1.807) is 28.9 Å². The lowest BCUT2D eigenvalue weighted by molar-refractivity contribution is 0.0996. The summed E-state index contributed by atoms with van der Waals surface area (Å²) in [5.74, 6) is -0.478. The Labute approximate surface area is 162 Å². The van der Waals surface area contributed by atoms with Crippen LogP contribution in [-0.4, -0.2) is 37.7 Å². The zero-order valence-electron chi connectivity index (χ0n) is 15.8. The average molecular weight is 381 g/mol. The van der Waals surface area contributed by atoms with Crippen molar-refractivity contribution in [1.29, 1.82) is 0 Å². The van der Waals surface area contributed by atoms with E-state index in [9.17, 15) is 9.59 Å². The number of benzene rings is 1. The Bertz CT molecular complexity index is 1060. The Morgan fingerprint density at radius 3 is 2.71 bits per heavy atom. The van der Waals surface area contributed by atoms with E-state index in [0.29, 0.717) is 42.4 Å². The lowest BCUT2D eigenvalue weighted by atomic mass is 10.2. The Kier molecular flexibility index (Phi) is 5.55. The van der Waals surface area contributed by atoms with E-state index in [4.69, 9.17) is 11.5 Å². The van der Waals surface area contributed by atoms with Crippen molar-refractivity contribution in [3.05, 3.63) is 53.4 Å². The predicted molar refractivity (Wildman–Crippen MR) is 107 cm³/mol. The SMILES string of the molecule is CCn1nc(C)cc1C(=O)Nc1nc2cc(C(N)=O)ccc2n1CC=CCN. The number of anilines is 1. The monoisotopic (exact) mass is 381 g/mol. The number of primary amides is 1. The molecule has 2 heterocycles. The number of nitrogens with zero attached hydrogens (tertiary/aromatic N) is 4. The molecule has 0 aliphatic heterocycles. The van der Waals surface area contributed by atoms with Crippen LogP contribution in [0.3, 0.4) is 0 Å². The van der Waals surface area contributed by atoms with Crippen LogP contribution in [0.25, 0.3) is 11.0 Å². The van der Waals surface area contributed by atoms with Crippen molar-refractivity contribution < 1.29 is 9.59 Å². The molecule has 1 aromatic carbocycles. The summed E-state index contributed by atoms with van der Waals surface area (Å²) in [7, 11) is 0. The molecule has 0 atom stereocenters. The highest BCUT2D eigenvalue weighted by atomic mass is 16.2. The van der Waals surface area contributed by atoms with Crippen LogP contribution in [0.5, 0.6) is 0 Å². The Balaban J connectivity index is 2.02. The number of fused-ring (bicyclic) bond motifs is 1. The molecule has 0 radical (unpaired) electrons. The second-order valence-corrected chi connectivity index (χ2v) is 6.26. The zero-order valence-corrected chi connectivity index (χ0v) is 15.8. The van der Waals surface area contributed by atoms with Crippen molar-refractivity contribution in [2.75, 3.05) is 11.9 Å². The molecule has 0 fully saturated rings. The van der Waals surface area contributed by atoms with Crippen LogP contribution in [0.15, 0.2) is 36.4 Å². The highest BCUT2D eigenvalue weighted by molar-refractivity contribution is 6.03. The number of aromatic nitrogens is 4. The van der Waals surface area contributed by atoms with Crippen LogP contribution in [0.2, 0.25) is 0 Å². The van der Waals surface area contributed by atoms with Crippen molar-refractivity contribution in [1.82, 2.24) is 19.3 Å². The molecule has 2 amide bonds. The molecule has 2 aromatic heterocycles. The largest absolute Gasteiger partial charge is 0.366 e. The first-order valence-corrected chi connectivity index (χ1v) is 8.95. The summed E-state index contributed by atoms with van der Waals surface area (Å²) in [4.78, 5) is 28.8. The third kappa shape index (κ3) is 3.79. The smallest absolute Gasteiger partial charge is 0.276 e. The number of rotatable bonds is 7. The number of imidazole rings is 1. The zero-order chi connectivity index (χ0) is 20.3. The average Bonchev–Trinajstić information content (AvgIpc) is 3.21. The summed E-state index contributed by atoms with van der Waals surface area (Å²) in [6, 6.07) is 6.73. The molecule has 0 saturated heterocycles. The van der Waals surface area contributed by atoms with Crippen LogP contribution < -0.4 is 16.8 Å². The first-order valence-electron chi connectivity index (χ1n) is 8.95. The maximum atomic E-state index is 12.8. The van der Waals surface area contributed by atoms with Crippen molar-refractivity contribution in [2.45, 2.75) is 26.9 Å². The molecule has 0 unspecified atom stereocenters. The van der Waals surface area contributed by atoms with E-state index in [0.717, 1.165) is 11.2 Å². The quantitative estimate of drug-likeness (QED) is 0.532. The molecule has 0 aliphatic carbocycles. The van der Waals surface area contributed by atoms with Gasteiger partial charge in [0.1, 0.15) is 5.69 Å². The van der Waals surface area contributed by atoms with Gasteiger partial charge in [-0.1, -0.05) is 12.2 Å². The van der Waals surface area contributed by atoms with Gasteiger partial charge in [0, 0.05) is 25.2 Å². The van der Waals surface area contributed by atoms with Crippen LogP contribution >= 0.6 is 0 Å². The normalized spacial score (nSPS) is 11.4. The predicted octanol–water partition coefficient (Wildman–Crippen LogP) is 1.43. The van der Waals surface area contributed by atoms with E-state index >= 15 is 0 Å². The summed E-state index contributed by atoms with van der Waals surface area (Å²) in [5, 5.41) is 7.15. The number of hydrogen-bond donors (Lipinski definition) is 3. The van der Waals surface area contributed by atoms with Gasteiger partial charge in [0.15, 0.2) is 0 Å². The first kappa shape index (κ1) is 19.3. The minimum Gasteiger partial charge on any atom is -0.366 e. The van der Waals surface area contributed by atoms with Gasteiger partial charge in [-0.15, -0.1) is 0 Å². The third-order valence-electron chi connectivity index (χ3n) is 4.28. The topological polar surface area (TPSA) is 134 Å². The summed E-state index contributed by atoms with van der Waals surface area (Å²) >= 11 is 0. The van der Waals surface area contributed by atoms with Gasteiger partial charge >= 0.3 is 0 Å². The van der Waals surface area contributed by atoms with Gasteiger partial charge in [-0.25, -0.2) is 4.98 Å². The van der Waals surface area contributed by atoms with Crippen LogP contribution in [-0.2, 0) is 13.1 Å². The van der Waals surface area contributed by atoms with Crippen LogP contribution in [0, 0.1) is 6.92 Å². The lowest BCUT2D eigenvalue weighted by Crippen LogP contribution is -2.19. The first-order chi connectivity index (χ1) is 13.4. The minimum atomic E-state index is -0.535. The number of nitrogens with two attached hydrogens (primary N) is 2. The minimum absolute atomic E-state index is 0.308. The molecule has 3 rings (SSSR count). The van der Waals surface area contributed by atoms with E-state index in [1.165, 1.54) is 0 Å². The van der Waals surface area contributed by atoms with Gasteiger partial charge in [-0.3, -0.25) is 19.6 Å². The molecule has 5 N–H and O–H groups in total. The molecule has 28 heavy (non-hydrogen) atoms.